The predicted octanol–water partition coefficient (Wildman–Crippen LogP) is 2.48. The van der Waals surface area contributed by atoms with E-state index in [0.29, 0.717) is 25.3 Å². The number of ketones is 2. The summed E-state index contributed by atoms with van der Waals surface area (Å²) in [7, 11) is 0. The summed E-state index contributed by atoms with van der Waals surface area (Å²) in [6.07, 6.45) is 1.45. The minimum atomic E-state index is 0.111. The summed E-state index contributed by atoms with van der Waals surface area (Å²) in [6.45, 7) is 5.91. The van der Waals surface area contributed by atoms with Crippen LogP contribution in [0, 0.1) is 12.8 Å². The molecule has 1 unspecified atom stereocenters. The second-order valence-corrected chi connectivity index (χ2v) is 5.35. The first-order valence-electron chi connectivity index (χ1n) is 6.95. The van der Waals surface area contributed by atoms with Gasteiger partial charge < -0.3 is 0 Å². The summed E-state index contributed by atoms with van der Waals surface area (Å²) in [6, 6.07) is 7.68. The molecule has 0 spiro atoms. The summed E-state index contributed by atoms with van der Waals surface area (Å²) in [5, 5.41) is 0. The van der Waals surface area contributed by atoms with Crippen molar-refractivity contribution in [3.05, 3.63) is 35.4 Å². The molecule has 1 heterocycles. The van der Waals surface area contributed by atoms with Crippen LogP contribution >= 0.6 is 0 Å². The monoisotopic (exact) mass is 259 g/mol. The first-order valence-corrected chi connectivity index (χ1v) is 6.95. The molecule has 1 atom stereocenters. The van der Waals surface area contributed by atoms with Crippen LogP contribution in [0.25, 0.3) is 0 Å². The lowest BCUT2D eigenvalue weighted by molar-refractivity contribution is -0.126. The molecular weight excluding hydrogens is 238 g/mol. The number of hydrogen-bond donors (Lipinski definition) is 0. The minimum Gasteiger partial charge on any atom is -0.299 e. The summed E-state index contributed by atoms with van der Waals surface area (Å²) in [5.41, 5.74) is 1.92. The van der Waals surface area contributed by atoms with E-state index in [0.717, 1.165) is 24.1 Å². The van der Waals surface area contributed by atoms with Crippen molar-refractivity contribution in [3.63, 3.8) is 0 Å². The van der Waals surface area contributed by atoms with Gasteiger partial charge in [0.2, 0.25) is 0 Å². The van der Waals surface area contributed by atoms with Gasteiger partial charge in [0.05, 0.1) is 6.54 Å². The van der Waals surface area contributed by atoms with Gasteiger partial charge >= 0.3 is 0 Å². The maximum Gasteiger partial charge on any atom is 0.176 e. The third kappa shape index (κ3) is 3.51. The molecule has 3 nitrogen and oxygen atoms in total. The third-order valence-electron chi connectivity index (χ3n) is 3.84. The highest BCUT2D eigenvalue weighted by molar-refractivity contribution is 5.97. The highest BCUT2D eigenvalue weighted by Gasteiger charge is 2.26. The van der Waals surface area contributed by atoms with Crippen LogP contribution < -0.4 is 0 Å². The molecule has 0 N–H and O–H groups in total. The number of hydrogen-bond acceptors (Lipinski definition) is 3. The first-order chi connectivity index (χ1) is 9.10. The van der Waals surface area contributed by atoms with E-state index >= 15 is 0 Å². The van der Waals surface area contributed by atoms with Gasteiger partial charge in [0.1, 0.15) is 5.78 Å². The fourth-order valence-electron chi connectivity index (χ4n) is 2.51. The Morgan fingerprint density at radius 3 is 2.63 bits per heavy atom. The van der Waals surface area contributed by atoms with E-state index in [1.807, 2.05) is 38.1 Å². The molecule has 2 rings (SSSR count). The fourth-order valence-corrected chi connectivity index (χ4v) is 2.51. The van der Waals surface area contributed by atoms with Crippen molar-refractivity contribution in [2.45, 2.75) is 26.7 Å². The Labute approximate surface area is 114 Å². The number of likely N-dealkylation sites (tertiary alicyclic amines) is 1. The Balaban J connectivity index is 1.95. The van der Waals surface area contributed by atoms with Crippen molar-refractivity contribution in [3.8, 4) is 0 Å². The van der Waals surface area contributed by atoms with E-state index in [9.17, 15) is 9.59 Å². The Morgan fingerprint density at radius 1 is 1.32 bits per heavy atom. The normalized spacial score (nSPS) is 20.5. The lowest BCUT2D eigenvalue weighted by Gasteiger charge is -2.30. The van der Waals surface area contributed by atoms with Crippen molar-refractivity contribution in [1.82, 2.24) is 4.90 Å². The van der Waals surface area contributed by atoms with Gasteiger partial charge in [0, 0.05) is 31.0 Å². The lowest BCUT2D eigenvalue weighted by Crippen LogP contribution is -2.42. The molecule has 3 heteroatoms. The molecule has 1 saturated heterocycles. The Kier molecular flexibility index (Phi) is 4.48. The van der Waals surface area contributed by atoms with E-state index < -0.39 is 0 Å². The molecular formula is C16H21NO2. The summed E-state index contributed by atoms with van der Waals surface area (Å²) < 4.78 is 0. The first kappa shape index (κ1) is 13.9. The topological polar surface area (TPSA) is 37.4 Å². The number of benzene rings is 1. The van der Waals surface area contributed by atoms with E-state index in [4.69, 9.17) is 0 Å². The van der Waals surface area contributed by atoms with Gasteiger partial charge in [-0.2, -0.15) is 0 Å². The second-order valence-electron chi connectivity index (χ2n) is 5.35. The van der Waals surface area contributed by atoms with Gasteiger partial charge in [-0.25, -0.2) is 0 Å². The van der Waals surface area contributed by atoms with Crippen LogP contribution in [0.15, 0.2) is 24.3 Å². The van der Waals surface area contributed by atoms with E-state index in [1.165, 1.54) is 0 Å². The number of carbonyl (C=O) groups excluding carboxylic acids is 2. The van der Waals surface area contributed by atoms with E-state index in [1.54, 1.807) is 0 Å². The largest absolute Gasteiger partial charge is 0.299 e. The van der Waals surface area contributed by atoms with Crippen LogP contribution in [0.1, 0.15) is 35.7 Å². The highest BCUT2D eigenvalue weighted by Crippen LogP contribution is 2.16. The molecule has 0 aromatic heterocycles. The zero-order chi connectivity index (χ0) is 13.8. The Morgan fingerprint density at radius 2 is 2.00 bits per heavy atom. The average Bonchev–Trinajstić information content (AvgIpc) is 2.41. The molecule has 1 fully saturated rings. The van der Waals surface area contributed by atoms with Crippen LogP contribution in [0.2, 0.25) is 0 Å². The third-order valence-corrected chi connectivity index (χ3v) is 3.84. The van der Waals surface area contributed by atoms with Crippen LogP contribution in [0.5, 0.6) is 0 Å². The maximum atomic E-state index is 12.2. The molecule has 1 aromatic rings. The van der Waals surface area contributed by atoms with Crippen molar-refractivity contribution >= 4 is 11.6 Å². The summed E-state index contributed by atoms with van der Waals surface area (Å²) in [5.74, 6) is 0.602. The van der Waals surface area contributed by atoms with Gasteiger partial charge in [-0.1, -0.05) is 36.8 Å². The molecule has 0 radical (unpaired) electrons. The molecule has 1 aromatic carbocycles. The average molecular weight is 259 g/mol. The van der Waals surface area contributed by atoms with Crippen LogP contribution in [0.4, 0.5) is 0 Å². The number of carbonyl (C=O) groups is 2. The van der Waals surface area contributed by atoms with E-state index in [2.05, 4.69) is 4.90 Å². The zero-order valence-electron chi connectivity index (χ0n) is 11.7. The number of rotatable bonds is 4. The molecule has 0 saturated carbocycles. The van der Waals surface area contributed by atoms with Gasteiger partial charge in [-0.3, -0.25) is 14.5 Å². The second kappa shape index (κ2) is 6.11. The predicted molar refractivity (Wildman–Crippen MR) is 75.4 cm³/mol. The number of Topliss-reactive ketones (excluding diaryl/α,β-unsaturated/α-hetero) is 2. The SMILES string of the molecule is CCC1CN(CC(=O)c2ccc(C)cc2)CCC1=O. The van der Waals surface area contributed by atoms with Crippen molar-refractivity contribution in [2.75, 3.05) is 19.6 Å². The molecule has 0 bridgehead atoms. The van der Waals surface area contributed by atoms with Gasteiger partial charge in [-0.15, -0.1) is 0 Å². The van der Waals surface area contributed by atoms with Gasteiger partial charge in [-0.05, 0) is 13.3 Å². The molecule has 0 amide bonds. The maximum absolute atomic E-state index is 12.2. The number of nitrogens with zero attached hydrogens (tertiary/aromatic N) is 1. The van der Waals surface area contributed by atoms with Crippen molar-refractivity contribution in [1.29, 1.82) is 0 Å². The summed E-state index contributed by atoms with van der Waals surface area (Å²) >= 11 is 0. The number of piperidine rings is 1. The van der Waals surface area contributed by atoms with Gasteiger partial charge in [0.25, 0.3) is 0 Å². The summed E-state index contributed by atoms with van der Waals surface area (Å²) in [4.78, 5) is 25.9. The molecule has 1 aliphatic rings. The smallest absolute Gasteiger partial charge is 0.176 e. The molecule has 19 heavy (non-hydrogen) atoms. The Bertz CT molecular complexity index is 464. The van der Waals surface area contributed by atoms with Crippen molar-refractivity contribution < 1.29 is 9.59 Å². The van der Waals surface area contributed by atoms with Crippen LogP contribution in [-0.4, -0.2) is 36.1 Å². The molecule has 102 valence electrons. The van der Waals surface area contributed by atoms with Gasteiger partial charge in [0.15, 0.2) is 5.78 Å². The van der Waals surface area contributed by atoms with Crippen molar-refractivity contribution in [2.24, 2.45) is 5.92 Å². The number of aryl methyl sites for hydroxylation is 1. The standard InChI is InChI=1S/C16H21NO2/c1-3-13-10-17(9-8-15(13)18)11-16(19)14-6-4-12(2)5-7-14/h4-7,13H,3,8-11H2,1-2H3. The zero-order valence-corrected chi connectivity index (χ0v) is 11.7. The van der Waals surface area contributed by atoms with Crippen LogP contribution in [-0.2, 0) is 4.79 Å². The Hall–Kier alpha value is -1.48. The highest BCUT2D eigenvalue weighted by atomic mass is 16.1. The quantitative estimate of drug-likeness (QED) is 0.780. The van der Waals surface area contributed by atoms with E-state index in [-0.39, 0.29) is 11.7 Å². The minimum absolute atomic E-state index is 0.111. The fraction of sp³-hybridized carbons (Fsp3) is 0.500. The lowest BCUT2D eigenvalue weighted by atomic mass is 9.94. The molecule has 1 aliphatic heterocycles. The molecule has 0 aliphatic carbocycles. The van der Waals surface area contributed by atoms with Crippen LogP contribution in [0.3, 0.4) is 0 Å².